The molecule has 0 bridgehead atoms. The molecule has 1 aliphatic carbocycles. The van der Waals surface area contributed by atoms with Gasteiger partial charge in [0.05, 0.1) is 12.6 Å². The van der Waals surface area contributed by atoms with Crippen LogP contribution in [0.4, 0.5) is 17.5 Å². The summed E-state index contributed by atoms with van der Waals surface area (Å²) in [6.45, 7) is 0. The first-order valence-electron chi connectivity index (χ1n) is 10.7. The van der Waals surface area contributed by atoms with Crippen molar-refractivity contribution in [2.45, 2.75) is 31.7 Å². The van der Waals surface area contributed by atoms with E-state index in [1.165, 1.54) is 0 Å². The zero-order valence-corrected chi connectivity index (χ0v) is 18.3. The molecule has 0 atom stereocenters. The van der Waals surface area contributed by atoms with Crippen LogP contribution in [0, 0.1) is 5.92 Å². The van der Waals surface area contributed by atoms with Gasteiger partial charge in [-0.2, -0.15) is 4.98 Å². The second-order valence-corrected chi connectivity index (χ2v) is 8.20. The summed E-state index contributed by atoms with van der Waals surface area (Å²) < 4.78 is 5.23. The summed E-state index contributed by atoms with van der Waals surface area (Å²) in [4.78, 5) is 24.1. The Bertz CT molecular complexity index is 1060. The Kier molecular flexibility index (Phi) is 6.21. The van der Waals surface area contributed by atoms with Gasteiger partial charge in [0.25, 0.3) is 0 Å². The number of aromatic nitrogens is 2. The molecule has 1 aliphatic rings. The van der Waals surface area contributed by atoms with E-state index >= 15 is 0 Å². The summed E-state index contributed by atoms with van der Waals surface area (Å²) in [5.74, 6) is 2.37. The smallest absolute Gasteiger partial charge is 0.227 e. The normalized spacial score (nSPS) is 18.4. The number of amides is 1. The van der Waals surface area contributed by atoms with Crippen molar-refractivity contribution in [3.63, 3.8) is 0 Å². The standard InChI is InChI=1S/C24H29N5O2/c1-29(2)22-20-9-4-5-10-21(20)27-24(28-22)26-17-13-11-16(12-14-17)23(30)25-18-7-6-8-19(15-18)31-3/h4-10,15-17H,11-14H2,1-3H3,(H,25,30)(H,26,27,28)/t16-,17+. The molecule has 7 heteroatoms. The van der Waals surface area contributed by atoms with Crippen LogP contribution in [0.2, 0.25) is 0 Å². The van der Waals surface area contributed by atoms with E-state index < -0.39 is 0 Å². The molecule has 1 fully saturated rings. The highest BCUT2D eigenvalue weighted by molar-refractivity contribution is 5.93. The summed E-state index contributed by atoms with van der Waals surface area (Å²) in [6.07, 6.45) is 3.48. The van der Waals surface area contributed by atoms with Gasteiger partial charge in [0.15, 0.2) is 0 Å². The average Bonchev–Trinajstić information content (AvgIpc) is 2.79. The number of para-hydroxylation sites is 1. The number of nitrogens with one attached hydrogen (secondary N) is 2. The van der Waals surface area contributed by atoms with Crippen molar-refractivity contribution >= 4 is 34.3 Å². The van der Waals surface area contributed by atoms with Crippen LogP contribution in [0.3, 0.4) is 0 Å². The molecule has 7 nitrogen and oxygen atoms in total. The molecular weight excluding hydrogens is 390 g/mol. The Balaban J connectivity index is 1.37. The number of carbonyl (C=O) groups is 1. The lowest BCUT2D eigenvalue weighted by atomic mass is 9.85. The van der Waals surface area contributed by atoms with Crippen molar-refractivity contribution in [2.24, 2.45) is 5.92 Å². The third-order valence-corrected chi connectivity index (χ3v) is 5.78. The van der Waals surface area contributed by atoms with Crippen LogP contribution in [0.15, 0.2) is 48.5 Å². The Labute approximate surface area is 182 Å². The highest BCUT2D eigenvalue weighted by Crippen LogP contribution is 2.29. The largest absolute Gasteiger partial charge is 0.497 e. The Morgan fingerprint density at radius 2 is 1.81 bits per heavy atom. The van der Waals surface area contributed by atoms with Crippen molar-refractivity contribution in [1.29, 1.82) is 0 Å². The van der Waals surface area contributed by atoms with Gasteiger partial charge >= 0.3 is 0 Å². The third-order valence-electron chi connectivity index (χ3n) is 5.78. The lowest BCUT2D eigenvalue weighted by Gasteiger charge is -2.28. The summed E-state index contributed by atoms with van der Waals surface area (Å²) in [5, 5.41) is 7.55. The number of ether oxygens (including phenoxy) is 1. The van der Waals surface area contributed by atoms with E-state index in [9.17, 15) is 4.79 Å². The summed E-state index contributed by atoms with van der Waals surface area (Å²) >= 11 is 0. The second-order valence-electron chi connectivity index (χ2n) is 8.20. The Morgan fingerprint density at radius 3 is 2.55 bits per heavy atom. The number of carbonyl (C=O) groups excluding carboxylic acids is 1. The van der Waals surface area contributed by atoms with E-state index in [2.05, 4.69) is 10.6 Å². The zero-order chi connectivity index (χ0) is 21.8. The number of hydrogen-bond donors (Lipinski definition) is 2. The number of anilines is 3. The van der Waals surface area contributed by atoms with Gasteiger partial charge < -0.3 is 20.3 Å². The first-order chi connectivity index (χ1) is 15.0. The van der Waals surface area contributed by atoms with Gasteiger partial charge in [-0.15, -0.1) is 0 Å². The van der Waals surface area contributed by atoms with Crippen molar-refractivity contribution in [1.82, 2.24) is 9.97 Å². The number of benzene rings is 2. The van der Waals surface area contributed by atoms with Crippen LogP contribution < -0.4 is 20.3 Å². The Hall–Kier alpha value is -3.35. The monoisotopic (exact) mass is 419 g/mol. The molecule has 1 aromatic heterocycles. The summed E-state index contributed by atoms with van der Waals surface area (Å²) in [6, 6.07) is 15.8. The Morgan fingerprint density at radius 1 is 1.03 bits per heavy atom. The third kappa shape index (κ3) is 4.87. The van der Waals surface area contributed by atoms with Gasteiger partial charge in [-0.1, -0.05) is 18.2 Å². The zero-order valence-electron chi connectivity index (χ0n) is 18.3. The van der Waals surface area contributed by atoms with E-state index in [1.54, 1.807) is 7.11 Å². The number of nitrogens with zero attached hydrogens (tertiary/aromatic N) is 3. The lowest BCUT2D eigenvalue weighted by Crippen LogP contribution is -2.32. The van der Waals surface area contributed by atoms with E-state index in [4.69, 9.17) is 14.7 Å². The van der Waals surface area contributed by atoms with Gasteiger partial charge in [0, 0.05) is 43.2 Å². The first-order valence-corrected chi connectivity index (χ1v) is 10.7. The van der Waals surface area contributed by atoms with Crippen LogP contribution >= 0.6 is 0 Å². The minimum absolute atomic E-state index is 0.0131. The quantitative estimate of drug-likeness (QED) is 0.620. The SMILES string of the molecule is COc1cccc(NC(=O)[C@H]2CC[C@@H](Nc3nc(N(C)C)c4ccccc4n3)CC2)c1. The van der Waals surface area contributed by atoms with Crippen molar-refractivity contribution in [2.75, 3.05) is 36.7 Å². The van der Waals surface area contributed by atoms with Crippen molar-refractivity contribution in [3.05, 3.63) is 48.5 Å². The minimum Gasteiger partial charge on any atom is -0.497 e. The average molecular weight is 420 g/mol. The van der Waals surface area contributed by atoms with Crippen LogP contribution in [0.5, 0.6) is 5.75 Å². The number of methoxy groups -OCH3 is 1. The maximum absolute atomic E-state index is 12.7. The van der Waals surface area contributed by atoms with E-state index in [-0.39, 0.29) is 17.9 Å². The predicted molar refractivity (Wildman–Crippen MR) is 125 cm³/mol. The fourth-order valence-electron chi connectivity index (χ4n) is 4.09. The molecule has 1 amide bonds. The fourth-order valence-corrected chi connectivity index (χ4v) is 4.09. The molecule has 2 N–H and O–H groups in total. The molecule has 0 unspecified atom stereocenters. The molecular formula is C24H29N5O2. The van der Waals surface area contributed by atoms with E-state index in [0.717, 1.165) is 53.8 Å². The summed E-state index contributed by atoms with van der Waals surface area (Å²) in [5.41, 5.74) is 1.69. The first kappa shape index (κ1) is 20.9. The highest BCUT2D eigenvalue weighted by atomic mass is 16.5. The lowest BCUT2D eigenvalue weighted by molar-refractivity contribution is -0.120. The van der Waals surface area contributed by atoms with Gasteiger partial charge in [-0.25, -0.2) is 4.98 Å². The molecule has 31 heavy (non-hydrogen) atoms. The predicted octanol–water partition coefficient (Wildman–Crippen LogP) is 4.31. The van der Waals surface area contributed by atoms with Crippen molar-refractivity contribution < 1.29 is 9.53 Å². The molecule has 0 radical (unpaired) electrons. The van der Waals surface area contributed by atoms with Crippen molar-refractivity contribution in [3.8, 4) is 5.75 Å². The molecule has 1 saturated carbocycles. The van der Waals surface area contributed by atoms with Crippen LogP contribution in [0.25, 0.3) is 10.9 Å². The molecule has 0 spiro atoms. The summed E-state index contributed by atoms with van der Waals surface area (Å²) in [7, 11) is 5.60. The van der Waals surface area contributed by atoms with Crippen LogP contribution in [-0.4, -0.2) is 43.1 Å². The number of hydrogen-bond acceptors (Lipinski definition) is 6. The molecule has 0 aliphatic heterocycles. The minimum atomic E-state index is 0.0131. The molecule has 3 aromatic rings. The van der Waals surface area contributed by atoms with E-state index in [1.807, 2.05) is 67.5 Å². The highest BCUT2D eigenvalue weighted by Gasteiger charge is 2.27. The maximum Gasteiger partial charge on any atom is 0.227 e. The molecule has 2 aromatic carbocycles. The van der Waals surface area contributed by atoms with E-state index in [0.29, 0.717) is 5.95 Å². The van der Waals surface area contributed by atoms with Crippen LogP contribution in [-0.2, 0) is 4.79 Å². The van der Waals surface area contributed by atoms with Crippen LogP contribution in [0.1, 0.15) is 25.7 Å². The van der Waals surface area contributed by atoms with Gasteiger partial charge in [-0.3, -0.25) is 4.79 Å². The van der Waals surface area contributed by atoms with Gasteiger partial charge in [0.2, 0.25) is 11.9 Å². The maximum atomic E-state index is 12.7. The van der Waals surface area contributed by atoms with Gasteiger partial charge in [0.1, 0.15) is 11.6 Å². The number of fused-ring (bicyclic) bond motifs is 1. The molecule has 162 valence electrons. The second kappa shape index (κ2) is 9.20. The topological polar surface area (TPSA) is 79.4 Å². The van der Waals surface area contributed by atoms with Gasteiger partial charge in [-0.05, 0) is 49.9 Å². The molecule has 0 saturated heterocycles. The molecule has 4 rings (SSSR count). The number of rotatable bonds is 6. The fraction of sp³-hybridized carbons (Fsp3) is 0.375. The molecule has 1 heterocycles.